The van der Waals surface area contributed by atoms with Gasteiger partial charge < -0.3 is 53.9 Å². The van der Waals surface area contributed by atoms with Crippen LogP contribution in [0.4, 0.5) is 24.5 Å². The number of fused-ring (bicyclic) bond motifs is 1. The summed E-state index contributed by atoms with van der Waals surface area (Å²) in [5.74, 6) is 2.20. The summed E-state index contributed by atoms with van der Waals surface area (Å²) in [6.07, 6.45) is 14.5. The number of pyridine rings is 1. The van der Waals surface area contributed by atoms with Gasteiger partial charge >= 0.3 is 6.18 Å². The fraction of sp³-hybridized carbons (Fsp3) is 0.757. The second-order valence-corrected chi connectivity index (χ2v) is 29.0. The Bertz CT molecular complexity index is 2910. The number of methoxy groups -OCH3 is 1. The summed E-state index contributed by atoms with van der Waals surface area (Å²) in [5.41, 5.74) is 9.73. The highest BCUT2D eigenvalue weighted by Gasteiger charge is 2.57. The van der Waals surface area contributed by atoms with E-state index in [2.05, 4.69) is 54.5 Å². The van der Waals surface area contributed by atoms with Gasteiger partial charge in [0.2, 0.25) is 0 Å². The third kappa shape index (κ3) is 17.7. The molecule has 1 aromatic carbocycles. The van der Waals surface area contributed by atoms with E-state index in [1.54, 1.807) is 30.4 Å². The van der Waals surface area contributed by atoms with Crippen LogP contribution >= 0.6 is 0 Å². The Morgan fingerprint density at radius 2 is 1.69 bits per heavy atom. The molecule has 0 bridgehead atoms. The number of nitrogens with zero attached hydrogens (tertiary/aromatic N) is 10. The van der Waals surface area contributed by atoms with Crippen LogP contribution in [0.1, 0.15) is 135 Å². The molecule has 7 unspecified atom stereocenters. The molecule has 93 heavy (non-hydrogen) atoms. The zero-order valence-electron chi connectivity index (χ0n) is 57.4. The zero-order valence-corrected chi connectivity index (χ0v) is 57.4. The molecular weight excluding hydrogens is 1190 g/mol. The first kappa shape index (κ1) is 72.4. The lowest BCUT2D eigenvalue weighted by Gasteiger charge is -2.56. The van der Waals surface area contributed by atoms with E-state index in [1.165, 1.54) is 82.2 Å². The SMILES string of the molecule is CCN(C)CC1CCN(C(C=O)C2CCCC2)C1.CN.CN1C(C=O)C1C1CC1.COC(C)c1ncc(N2CCN(C3CC3)CC2)cc1-c1c(CC(C)(C)COC=O)c2cc(N(CCO)CC(C)(C(=O)N3CCCCN3)N3CC4(CCCO4)C3)ccc2n1CC(F)(F)F. The summed E-state index contributed by atoms with van der Waals surface area (Å²) in [6.45, 7) is 20.3. The number of carbonyl (C=O) groups excluding carboxylic acids is 4. The minimum Gasteiger partial charge on any atom is -0.467 e. The number of alkyl halides is 3. The molecule has 12 rings (SSSR count). The van der Waals surface area contributed by atoms with Crippen molar-refractivity contribution in [2.24, 2.45) is 28.9 Å². The van der Waals surface area contributed by atoms with Crippen molar-refractivity contribution in [3.8, 4) is 11.3 Å². The smallest absolute Gasteiger partial charge is 0.406 e. The van der Waals surface area contributed by atoms with Gasteiger partial charge in [0.05, 0.1) is 60.3 Å². The highest BCUT2D eigenvalue weighted by atomic mass is 19.4. The molecule has 2 aromatic heterocycles. The number of nitrogens with one attached hydrogen (secondary N) is 1. The molecule has 9 fully saturated rings. The normalized spacial score (nSPS) is 24.8. The van der Waals surface area contributed by atoms with Gasteiger partial charge in [-0.05, 0) is 173 Å². The number of aliphatic hydroxyl groups excluding tert-OH is 1. The molecule has 7 atom stereocenters. The van der Waals surface area contributed by atoms with E-state index >= 15 is 13.2 Å². The van der Waals surface area contributed by atoms with Gasteiger partial charge in [0.25, 0.3) is 12.4 Å². The predicted octanol–water partition coefficient (Wildman–Crippen LogP) is 7.42. The average Bonchev–Trinajstić information content (AvgIpc) is 1.72. The number of benzene rings is 1. The highest BCUT2D eigenvalue weighted by Crippen LogP contribution is 2.47. The largest absolute Gasteiger partial charge is 0.467 e. The number of hydrazine groups is 1. The molecule has 520 valence electrons. The van der Waals surface area contributed by atoms with Crippen LogP contribution < -0.4 is 21.0 Å². The number of halogens is 3. The number of hydrogen-bond donors (Lipinski definition) is 3. The van der Waals surface area contributed by atoms with Crippen LogP contribution in [-0.2, 0) is 46.4 Å². The number of aliphatic hydroxyl groups is 1. The number of amides is 1. The number of anilines is 2. The fourth-order valence-electron chi connectivity index (χ4n) is 15.8. The number of carbonyl (C=O) groups is 4. The van der Waals surface area contributed by atoms with Crippen LogP contribution in [0.2, 0.25) is 0 Å². The van der Waals surface area contributed by atoms with Crippen molar-refractivity contribution in [2.75, 3.05) is 149 Å². The molecule has 23 heteroatoms. The fourth-order valence-corrected chi connectivity index (χ4v) is 15.8. The first-order valence-electron chi connectivity index (χ1n) is 34.9. The van der Waals surface area contributed by atoms with Gasteiger partial charge in [0.15, 0.2) is 0 Å². The minimum atomic E-state index is -4.59. The summed E-state index contributed by atoms with van der Waals surface area (Å²) in [6, 6.07) is 9.16. The number of aromatic nitrogens is 2. The van der Waals surface area contributed by atoms with Crippen molar-refractivity contribution in [2.45, 2.75) is 179 Å². The van der Waals surface area contributed by atoms with E-state index in [-0.39, 0.29) is 56.3 Å². The number of ether oxygens (including phenoxy) is 3. The van der Waals surface area contributed by atoms with Crippen molar-refractivity contribution in [3.05, 3.63) is 41.7 Å². The Kier molecular flexibility index (Phi) is 25.0. The number of likely N-dealkylation sites (tertiary alicyclic amines) is 2. The summed E-state index contributed by atoms with van der Waals surface area (Å²) in [4.78, 5) is 68.8. The lowest BCUT2D eigenvalue weighted by Crippen LogP contribution is -2.75. The van der Waals surface area contributed by atoms with Crippen LogP contribution in [0.3, 0.4) is 0 Å². The Morgan fingerprint density at radius 1 is 0.957 bits per heavy atom. The maximum absolute atomic E-state index is 15.0. The van der Waals surface area contributed by atoms with Crippen LogP contribution in [-0.4, -0.2) is 250 Å². The topological polar surface area (TPSA) is 198 Å². The third-order valence-corrected chi connectivity index (χ3v) is 21.5. The van der Waals surface area contributed by atoms with Gasteiger partial charge in [-0.25, -0.2) is 5.43 Å². The van der Waals surface area contributed by atoms with E-state index < -0.39 is 29.8 Å². The summed E-state index contributed by atoms with van der Waals surface area (Å²) in [5, 5.41) is 12.9. The number of nitrogens with two attached hydrogens (primary N) is 1. The van der Waals surface area contributed by atoms with Gasteiger partial charge in [-0.3, -0.25) is 39.2 Å². The van der Waals surface area contributed by atoms with E-state index in [0.717, 1.165) is 95.3 Å². The Balaban J connectivity index is 0.000000286. The summed E-state index contributed by atoms with van der Waals surface area (Å²) < 4.78 is 63.7. The number of hydrogen-bond acceptors (Lipinski definition) is 18. The van der Waals surface area contributed by atoms with E-state index in [1.807, 2.05) is 51.8 Å². The maximum Gasteiger partial charge on any atom is 0.406 e. The van der Waals surface area contributed by atoms with Gasteiger partial charge in [0, 0.05) is 132 Å². The first-order valence-corrected chi connectivity index (χ1v) is 34.9. The molecule has 20 nitrogen and oxygen atoms in total. The summed E-state index contributed by atoms with van der Waals surface area (Å²) in [7, 11) is 7.29. The zero-order chi connectivity index (χ0) is 66.8. The van der Waals surface area contributed by atoms with Gasteiger partial charge in [-0.1, -0.05) is 33.6 Å². The Labute approximate surface area is 551 Å². The molecule has 0 radical (unpaired) electrons. The first-order chi connectivity index (χ1) is 44.7. The molecule has 9 aliphatic rings. The van der Waals surface area contributed by atoms with Crippen LogP contribution in [0.5, 0.6) is 0 Å². The molecule has 3 aliphatic carbocycles. The molecule has 3 aromatic rings. The number of likely N-dealkylation sites (N-methyl/N-ethyl adjacent to an activating group) is 1. The van der Waals surface area contributed by atoms with Crippen molar-refractivity contribution in [1.29, 1.82) is 0 Å². The van der Waals surface area contributed by atoms with E-state index in [9.17, 15) is 24.3 Å². The van der Waals surface area contributed by atoms with Crippen molar-refractivity contribution < 1.29 is 51.7 Å². The van der Waals surface area contributed by atoms with Crippen LogP contribution in [0.15, 0.2) is 30.5 Å². The van der Waals surface area contributed by atoms with Crippen LogP contribution in [0, 0.1) is 23.2 Å². The number of rotatable bonds is 26. The number of piperazine rings is 1. The minimum absolute atomic E-state index is 0.0369. The van der Waals surface area contributed by atoms with Gasteiger partial charge in [-0.15, -0.1) is 0 Å². The molecule has 4 N–H and O–H groups in total. The lowest BCUT2D eigenvalue weighted by molar-refractivity contribution is -0.173. The van der Waals surface area contributed by atoms with Gasteiger partial charge in [0.1, 0.15) is 24.7 Å². The summed E-state index contributed by atoms with van der Waals surface area (Å²) >= 11 is 0. The number of aldehydes is 2. The molecule has 6 aliphatic heterocycles. The molecule has 1 spiro atoms. The molecular formula is C70H111F3N12O8. The van der Waals surface area contributed by atoms with Crippen molar-refractivity contribution in [1.82, 2.24) is 44.5 Å². The van der Waals surface area contributed by atoms with Crippen molar-refractivity contribution in [3.63, 3.8) is 0 Å². The van der Waals surface area contributed by atoms with Gasteiger partial charge in [-0.2, -0.15) is 13.2 Å². The van der Waals surface area contributed by atoms with Crippen molar-refractivity contribution >= 4 is 47.2 Å². The quantitative estimate of drug-likeness (QED) is 0.0530. The average molecular weight is 1310 g/mol. The Morgan fingerprint density at radius 3 is 2.27 bits per heavy atom. The highest BCUT2D eigenvalue weighted by molar-refractivity contribution is 5.95. The van der Waals surface area contributed by atoms with E-state index in [4.69, 9.17) is 19.2 Å². The molecule has 3 saturated carbocycles. The molecule has 6 saturated heterocycles. The maximum atomic E-state index is 15.0. The third-order valence-electron chi connectivity index (χ3n) is 21.5. The Hall–Kier alpha value is -4.82. The second-order valence-electron chi connectivity index (χ2n) is 29.0. The monoisotopic (exact) mass is 1300 g/mol. The predicted molar refractivity (Wildman–Crippen MR) is 358 cm³/mol. The standard InChI is InChI=1S/C47H67F3N8O6.C15H28N2O.C7H11NO.CH5N/c1-33(62-5)41-38(24-36(26-51-41)54-18-16-53(17-19-54)34-9-10-34)42-39(25-44(2,3)31-63-32-60)37-23-35(11-12-40(37)57(42)30-47(48,49)50)55(20-21-59)27-45(4,43(61)58-15-7-6-14-52-58)56-28-46(29-56)13-8-22-64-46;1-3-16(2)10-13-8-9-17(11-13)15(12-18)14-6-4-5-7-14;1-8-6(4-9)7(8)5-2-3-5;1-2/h11-12,23-24,26,32-34,52,59H,6-10,13-22,25,27-31H2,1-5H3;12-15H,3-11H2,1-2H3;4-7H,2-3H2,1H3;2H2,1H3. The van der Waals surface area contributed by atoms with E-state index in [0.29, 0.717) is 96.4 Å². The molecule has 8 heterocycles. The van der Waals surface area contributed by atoms with Crippen LogP contribution in [0.25, 0.3) is 22.2 Å². The lowest BCUT2D eigenvalue weighted by atomic mass is 9.83. The second kappa shape index (κ2) is 32.0. The molecule has 1 amide bonds.